The number of benzene rings is 1. The largest absolute Gasteiger partial charge is 0.396 e. The van der Waals surface area contributed by atoms with E-state index in [1.165, 1.54) is 21.3 Å². The summed E-state index contributed by atoms with van der Waals surface area (Å²) in [6, 6.07) is 5.54. The fraction of sp³-hybridized carbons (Fsp3) is 0.231. The Balaban J connectivity index is 1.95. The molecule has 0 fully saturated rings. The summed E-state index contributed by atoms with van der Waals surface area (Å²) in [7, 11) is -3.68. The molecule has 7 heteroatoms. The first-order chi connectivity index (χ1) is 9.48. The second-order valence-corrected chi connectivity index (χ2v) is 7.58. The van der Waals surface area contributed by atoms with Crippen LogP contribution in [0.2, 0.25) is 0 Å². The fourth-order valence-corrected chi connectivity index (χ4v) is 4.57. The minimum atomic E-state index is -3.68. The smallest absolute Gasteiger partial charge is 0.243 e. The third-order valence-corrected chi connectivity index (χ3v) is 6.25. The van der Waals surface area contributed by atoms with E-state index in [9.17, 15) is 12.8 Å². The molecule has 1 aliphatic rings. The highest BCUT2D eigenvalue weighted by Crippen LogP contribution is 2.28. The van der Waals surface area contributed by atoms with Crippen LogP contribution >= 0.6 is 11.3 Å². The number of thiophene rings is 1. The maximum atomic E-state index is 13.5. The van der Waals surface area contributed by atoms with Crippen molar-refractivity contribution in [2.75, 3.05) is 12.3 Å². The molecule has 1 aromatic carbocycles. The molecule has 0 amide bonds. The SMILES string of the molecule is Nc1ccc(S(=O)(=O)N2CCc3sccc3C2)cc1F. The van der Waals surface area contributed by atoms with Crippen LogP contribution in [-0.2, 0) is 23.0 Å². The molecular formula is C13H13FN2O2S2. The predicted octanol–water partition coefficient (Wildman–Crippen LogP) is 2.22. The van der Waals surface area contributed by atoms with Crippen LogP contribution < -0.4 is 5.73 Å². The average molecular weight is 312 g/mol. The van der Waals surface area contributed by atoms with Gasteiger partial charge in [-0.15, -0.1) is 11.3 Å². The lowest BCUT2D eigenvalue weighted by Gasteiger charge is -2.26. The van der Waals surface area contributed by atoms with Gasteiger partial charge < -0.3 is 5.73 Å². The zero-order chi connectivity index (χ0) is 14.3. The van der Waals surface area contributed by atoms with Gasteiger partial charge in [0.2, 0.25) is 10.0 Å². The van der Waals surface area contributed by atoms with Gasteiger partial charge in [0, 0.05) is 18.0 Å². The third kappa shape index (κ3) is 2.21. The third-order valence-electron chi connectivity index (χ3n) is 3.38. The molecule has 0 spiro atoms. The van der Waals surface area contributed by atoms with Crippen LogP contribution in [0.1, 0.15) is 10.4 Å². The van der Waals surface area contributed by atoms with Crippen molar-refractivity contribution in [3.63, 3.8) is 0 Å². The molecule has 2 heterocycles. The van der Waals surface area contributed by atoms with Gasteiger partial charge >= 0.3 is 0 Å². The molecule has 4 nitrogen and oxygen atoms in total. The summed E-state index contributed by atoms with van der Waals surface area (Å²) in [5, 5.41) is 1.96. The molecule has 2 aromatic rings. The van der Waals surface area contributed by atoms with Gasteiger partial charge in [-0.2, -0.15) is 4.31 Å². The summed E-state index contributed by atoms with van der Waals surface area (Å²) >= 11 is 1.64. The summed E-state index contributed by atoms with van der Waals surface area (Å²) in [5.74, 6) is -0.709. The average Bonchev–Trinajstić information content (AvgIpc) is 2.89. The second kappa shape index (κ2) is 4.83. The normalized spacial score (nSPS) is 16.1. The summed E-state index contributed by atoms with van der Waals surface area (Å²) in [6.07, 6.45) is 0.698. The second-order valence-electron chi connectivity index (χ2n) is 4.64. The van der Waals surface area contributed by atoms with E-state index in [1.807, 2.05) is 11.4 Å². The maximum absolute atomic E-state index is 13.5. The lowest BCUT2D eigenvalue weighted by molar-refractivity contribution is 0.394. The van der Waals surface area contributed by atoms with E-state index < -0.39 is 15.8 Å². The summed E-state index contributed by atoms with van der Waals surface area (Å²) in [5.41, 5.74) is 6.35. The van der Waals surface area contributed by atoms with E-state index in [0.29, 0.717) is 19.5 Å². The molecule has 0 radical (unpaired) electrons. The molecule has 0 saturated heterocycles. The molecule has 106 valence electrons. The van der Waals surface area contributed by atoms with E-state index >= 15 is 0 Å². The van der Waals surface area contributed by atoms with Gasteiger partial charge in [-0.25, -0.2) is 12.8 Å². The van der Waals surface area contributed by atoms with E-state index in [-0.39, 0.29) is 10.6 Å². The number of rotatable bonds is 2. The Bertz CT molecular complexity index is 755. The zero-order valence-electron chi connectivity index (χ0n) is 10.5. The Morgan fingerprint density at radius 2 is 2.10 bits per heavy atom. The van der Waals surface area contributed by atoms with Crippen molar-refractivity contribution in [1.29, 1.82) is 0 Å². The number of hydrogen-bond donors (Lipinski definition) is 1. The quantitative estimate of drug-likeness (QED) is 0.865. The first-order valence-corrected chi connectivity index (χ1v) is 8.41. The van der Waals surface area contributed by atoms with Crippen molar-refractivity contribution < 1.29 is 12.8 Å². The van der Waals surface area contributed by atoms with Crippen molar-refractivity contribution >= 4 is 27.0 Å². The Labute approximate surface area is 120 Å². The maximum Gasteiger partial charge on any atom is 0.243 e. The first kappa shape index (κ1) is 13.5. The molecule has 0 bridgehead atoms. The highest BCUT2D eigenvalue weighted by molar-refractivity contribution is 7.89. The topological polar surface area (TPSA) is 63.4 Å². The van der Waals surface area contributed by atoms with Crippen molar-refractivity contribution in [2.45, 2.75) is 17.9 Å². The number of fused-ring (bicyclic) bond motifs is 1. The van der Waals surface area contributed by atoms with E-state index in [1.54, 1.807) is 11.3 Å². The van der Waals surface area contributed by atoms with Gasteiger partial charge in [-0.05, 0) is 41.6 Å². The molecule has 0 atom stereocenters. The molecule has 1 aliphatic heterocycles. The first-order valence-electron chi connectivity index (χ1n) is 6.09. The van der Waals surface area contributed by atoms with Gasteiger partial charge in [0.25, 0.3) is 0 Å². The van der Waals surface area contributed by atoms with Gasteiger partial charge in [-0.3, -0.25) is 0 Å². The van der Waals surface area contributed by atoms with E-state index in [0.717, 1.165) is 11.6 Å². The standard InChI is InChI=1S/C13H13FN2O2S2/c14-11-7-10(1-2-12(11)15)20(17,18)16-5-3-13-9(8-16)4-6-19-13/h1-2,4,6-7H,3,5,8,15H2. The van der Waals surface area contributed by atoms with Gasteiger partial charge in [-0.1, -0.05) is 0 Å². The van der Waals surface area contributed by atoms with Crippen LogP contribution in [-0.4, -0.2) is 19.3 Å². The molecule has 20 heavy (non-hydrogen) atoms. The molecular weight excluding hydrogens is 299 g/mol. The minimum absolute atomic E-state index is 0.0529. The van der Waals surface area contributed by atoms with Gasteiger partial charge in [0.1, 0.15) is 5.82 Å². The van der Waals surface area contributed by atoms with Crippen molar-refractivity contribution in [3.8, 4) is 0 Å². The van der Waals surface area contributed by atoms with Gasteiger partial charge in [0.15, 0.2) is 0 Å². The predicted molar refractivity (Wildman–Crippen MR) is 76.4 cm³/mol. The van der Waals surface area contributed by atoms with Crippen LogP contribution in [0.25, 0.3) is 0 Å². The molecule has 0 aliphatic carbocycles. The Kier molecular flexibility index (Phi) is 3.27. The monoisotopic (exact) mass is 312 g/mol. The van der Waals surface area contributed by atoms with Crippen LogP contribution in [0.4, 0.5) is 10.1 Å². The molecule has 0 unspecified atom stereocenters. The zero-order valence-corrected chi connectivity index (χ0v) is 12.2. The van der Waals surface area contributed by atoms with E-state index in [2.05, 4.69) is 0 Å². The van der Waals surface area contributed by atoms with Crippen LogP contribution in [0.15, 0.2) is 34.5 Å². The molecule has 0 saturated carbocycles. The fourth-order valence-electron chi connectivity index (χ4n) is 2.25. The number of halogens is 1. The molecule has 2 N–H and O–H groups in total. The van der Waals surface area contributed by atoms with Crippen LogP contribution in [0.3, 0.4) is 0 Å². The number of nitrogens with two attached hydrogens (primary N) is 1. The summed E-state index contributed by atoms with van der Waals surface area (Å²) in [6.45, 7) is 0.759. The molecule has 1 aromatic heterocycles. The van der Waals surface area contributed by atoms with Crippen molar-refractivity contribution in [3.05, 3.63) is 45.9 Å². The Hall–Kier alpha value is -1.44. The lowest BCUT2D eigenvalue weighted by Crippen LogP contribution is -2.35. The van der Waals surface area contributed by atoms with Crippen LogP contribution in [0.5, 0.6) is 0 Å². The van der Waals surface area contributed by atoms with Gasteiger partial charge in [0.05, 0.1) is 10.6 Å². The number of sulfonamides is 1. The number of nitrogen functional groups attached to an aromatic ring is 1. The Morgan fingerprint density at radius 1 is 1.30 bits per heavy atom. The number of hydrogen-bond acceptors (Lipinski definition) is 4. The Morgan fingerprint density at radius 3 is 2.85 bits per heavy atom. The summed E-state index contributed by atoms with van der Waals surface area (Å²) < 4.78 is 39.9. The highest BCUT2D eigenvalue weighted by atomic mass is 32.2. The lowest BCUT2D eigenvalue weighted by atomic mass is 10.1. The minimum Gasteiger partial charge on any atom is -0.396 e. The van der Waals surface area contributed by atoms with E-state index in [4.69, 9.17) is 5.73 Å². The van der Waals surface area contributed by atoms with Crippen molar-refractivity contribution in [1.82, 2.24) is 4.31 Å². The molecule has 3 rings (SSSR count). The van der Waals surface area contributed by atoms with Crippen molar-refractivity contribution in [2.24, 2.45) is 0 Å². The van der Waals surface area contributed by atoms with Crippen LogP contribution in [0, 0.1) is 5.82 Å². The highest BCUT2D eigenvalue weighted by Gasteiger charge is 2.29. The number of nitrogens with zero attached hydrogens (tertiary/aromatic N) is 1. The summed E-state index contributed by atoms with van der Waals surface area (Å²) in [4.78, 5) is 1.17. The number of anilines is 1.